The van der Waals surface area contributed by atoms with Gasteiger partial charge < -0.3 is 5.32 Å². The van der Waals surface area contributed by atoms with Gasteiger partial charge >= 0.3 is 0 Å². The first kappa shape index (κ1) is 15.4. The first-order valence-corrected chi connectivity index (χ1v) is 7.86. The Labute approximate surface area is 130 Å². The van der Waals surface area contributed by atoms with Crippen molar-refractivity contribution in [2.45, 2.75) is 32.7 Å². The fourth-order valence-corrected chi connectivity index (χ4v) is 3.32. The lowest BCUT2D eigenvalue weighted by molar-refractivity contribution is 0.583. The summed E-state index contributed by atoms with van der Waals surface area (Å²) < 4.78 is 27.1. The molecule has 2 rings (SSSR count). The van der Waals surface area contributed by atoms with Crippen LogP contribution in [0, 0.1) is 11.6 Å². The van der Waals surface area contributed by atoms with Gasteiger partial charge in [-0.3, -0.25) is 0 Å². The summed E-state index contributed by atoms with van der Waals surface area (Å²) in [5.41, 5.74) is 0.405. The Bertz CT molecular complexity index is 594. The number of anilines is 1. The van der Waals surface area contributed by atoms with Gasteiger partial charge in [-0.25, -0.2) is 8.78 Å². The predicted molar refractivity (Wildman–Crippen MR) is 84.4 cm³/mol. The van der Waals surface area contributed by atoms with Crippen molar-refractivity contribution in [3.63, 3.8) is 0 Å². The topological polar surface area (TPSA) is 12.0 Å². The van der Waals surface area contributed by atoms with E-state index in [9.17, 15) is 8.78 Å². The molecule has 0 amide bonds. The maximum atomic E-state index is 13.7. The molecule has 2 aromatic rings. The molecule has 0 spiro atoms. The van der Waals surface area contributed by atoms with Crippen LogP contribution in [0.2, 0.25) is 0 Å². The molecule has 1 aromatic heterocycles. The highest BCUT2D eigenvalue weighted by molar-refractivity contribution is 9.10. The van der Waals surface area contributed by atoms with Gasteiger partial charge in [0.1, 0.15) is 11.6 Å². The predicted octanol–water partition coefficient (Wildman–Crippen LogP) is 5.70. The molecule has 1 heterocycles. The lowest BCUT2D eigenvalue weighted by Gasteiger charge is -2.15. The summed E-state index contributed by atoms with van der Waals surface area (Å²) in [6.07, 6.45) is 0. The zero-order valence-electron chi connectivity index (χ0n) is 11.6. The van der Waals surface area contributed by atoms with E-state index in [2.05, 4.69) is 48.1 Å². The average molecular weight is 360 g/mol. The Morgan fingerprint density at radius 1 is 1.20 bits per heavy atom. The zero-order valence-corrected chi connectivity index (χ0v) is 14.0. The van der Waals surface area contributed by atoms with Gasteiger partial charge in [0, 0.05) is 26.8 Å². The number of hydrogen-bond acceptors (Lipinski definition) is 2. The first-order chi connectivity index (χ1) is 9.27. The first-order valence-electron chi connectivity index (χ1n) is 6.25. The Kier molecular flexibility index (Phi) is 4.49. The molecule has 0 aliphatic rings. The second-order valence-corrected chi connectivity index (χ2v) is 7.64. The lowest BCUT2D eigenvalue weighted by atomic mass is 9.95. The van der Waals surface area contributed by atoms with Crippen molar-refractivity contribution in [2.75, 3.05) is 5.32 Å². The van der Waals surface area contributed by atoms with Crippen molar-refractivity contribution >= 4 is 33.0 Å². The minimum absolute atomic E-state index is 0.116. The molecule has 1 N–H and O–H groups in total. The van der Waals surface area contributed by atoms with Crippen LogP contribution in [0.15, 0.2) is 28.7 Å². The van der Waals surface area contributed by atoms with E-state index in [4.69, 9.17) is 0 Å². The van der Waals surface area contributed by atoms with E-state index in [0.717, 1.165) is 10.9 Å². The zero-order chi connectivity index (χ0) is 14.9. The van der Waals surface area contributed by atoms with Crippen molar-refractivity contribution in [1.29, 1.82) is 0 Å². The number of thiophene rings is 1. The fraction of sp³-hybridized carbons (Fsp3) is 0.333. The monoisotopic (exact) mass is 359 g/mol. The van der Waals surface area contributed by atoms with E-state index in [-0.39, 0.29) is 11.1 Å². The smallest absolute Gasteiger partial charge is 0.150 e. The van der Waals surface area contributed by atoms with Gasteiger partial charge in [-0.2, -0.15) is 0 Å². The molecule has 0 saturated carbocycles. The molecule has 108 valence electrons. The van der Waals surface area contributed by atoms with Crippen LogP contribution in [-0.4, -0.2) is 0 Å². The number of rotatable bonds is 3. The standard InChI is InChI=1S/C15H16BrF2NS/c1-15(2,3)13-5-4-10(20-13)8-19-14-11(16)6-9(17)7-12(14)18/h4-7,19H,8H2,1-3H3. The van der Waals surface area contributed by atoms with Crippen LogP contribution in [0.5, 0.6) is 0 Å². The minimum atomic E-state index is -0.593. The maximum Gasteiger partial charge on any atom is 0.150 e. The minimum Gasteiger partial charge on any atom is -0.377 e. The molecular weight excluding hydrogens is 344 g/mol. The van der Waals surface area contributed by atoms with Gasteiger partial charge in [-0.1, -0.05) is 20.8 Å². The van der Waals surface area contributed by atoms with E-state index in [1.54, 1.807) is 11.3 Å². The Morgan fingerprint density at radius 3 is 2.45 bits per heavy atom. The maximum absolute atomic E-state index is 13.7. The molecule has 0 aliphatic carbocycles. The van der Waals surface area contributed by atoms with Gasteiger partial charge in [0.2, 0.25) is 0 Å². The largest absolute Gasteiger partial charge is 0.377 e. The molecule has 20 heavy (non-hydrogen) atoms. The highest BCUT2D eigenvalue weighted by atomic mass is 79.9. The lowest BCUT2D eigenvalue weighted by Crippen LogP contribution is -2.07. The second-order valence-electron chi connectivity index (χ2n) is 5.61. The van der Waals surface area contributed by atoms with E-state index >= 15 is 0 Å². The van der Waals surface area contributed by atoms with Crippen LogP contribution >= 0.6 is 27.3 Å². The van der Waals surface area contributed by atoms with Crippen molar-refractivity contribution < 1.29 is 8.78 Å². The second kappa shape index (κ2) is 5.82. The van der Waals surface area contributed by atoms with Gasteiger partial charge in [0.05, 0.1) is 5.69 Å². The van der Waals surface area contributed by atoms with Gasteiger partial charge in [0.15, 0.2) is 0 Å². The van der Waals surface area contributed by atoms with Crippen molar-refractivity contribution in [3.8, 4) is 0 Å². The third kappa shape index (κ3) is 3.58. The van der Waals surface area contributed by atoms with Crippen LogP contribution in [0.3, 0.4) is 0 Å². The Morgan fingerprint density at radius 2 is 1.90 bits per heavy atom. The van der Waals surface area contributed by atoms with E-state index in [0.29, 0.717) is 11.0 Å². The normalized spacial score (nSPS) is 11.7. The molecule has 0 saturated heterocycles. The SMILES string of the molecule is CC(C)(C)c1ccc(CNc2c(F)cc(F)cc2Br)s1. The molecule has 0 atom stereocenters. The molecule has 0 bridgehead atoms. The molecular formula is C15H16BrF2NS. The van der Waals surface area contributed by atoms with Crippen molar-refractivity contribution in [3.05, 3.63) is 50.1 Å². The fourth-order valence-electron chi connectivity index (χ4n) is 1.76. The van der Waals surface area contributed by atoms with Crippen LogP contribution < -0.4 is 5.32 Å². The van der Waals surface area contributed by atoms with Crippen LogP contribution in [0.1, 0.15) is 30.5 Å². The molecule has 0 unspecified atom stereocenters. The van der Waals surface area contributed by atoms with Crippen LogP contribution in [-0.2, 0) is 12.0 Å². The van der Waals surface area contributed by atoms with Gasteiger partial charge in [0.25, 0.3) is 0 Å². The summed E-state index contributed by atoms with van der Waals surface area (Å²) in [5, 5.41) is 3.01. The third-order valence-electron chi connectivity index (χ3n) is 2.85. The summed E-state index contributed by atoms with van der Waals surface area (Å²) in [5.74, 6) is -1.18. The van der Waals surface area contributed by atoms with Crippen molar-refractivity contribution in [1.82, 2.24) is 0 Å². The highest BCUT2D eigenvalue weighted by Gasteiger charge is 2.16. The number of hydrogen-bond donors (Lipinski definition) is 1. The average Bonchev–Trinajstić information content (AvgIpc) is 2.75. The molecule has 1 aromatic carbocycles. The van der Waals surface area contributed by atoms with E-state index in [1.165, 1.54) is 10.9 Å². The quantitative estimate of drug-likeness (QED) is 0.741. The third-order valence-corrected chi connectivity index (χ3v) is 4.98. The molecule has 1 nitrogen and oxygen atoms in total. The molecule has 0 aliphatic heterocycles. The summed E-state index contributed by atoms with van der Waals surface area (Å²) in [6, 6.07) is 6.26. The van der Waals surface area contributed by atoms with Gasteiger partial charge in [-0.05, 0) is 39.5 Å². The summed E-state index contributed by atoms with van der Waals surface area (Å²) in [7, 11) is 0. The van der Waals surface area contributed by atoms with Crippen LogP contribution in [0.25, 0.3) is 0 Å². The summed E-state index contributed by atoms with van der Waals surface area (Å²) >= 11 is 4.87. The summed E-state index contributed by atoms with van der Waals surface area (Å²) in [6.45, 7) is 6.99. The van der Waals surface area contributed by atoms with E-state index < -0.39 is 11.6 Å². The molecule has 5 heteroatoms. The van der Waals surface area contributed by atoms with Gasteiger partial charge in [-0.15, -0.1) is 11.3 Å². The Balaban J connectivity index is 2.12. The Hall–Kier alpha value is -0.940. The summed E-state index contributed by atoms with van der Waals surface area (Å²) in [4.78, 5) is 2.40. The number of halogens is 3. The number of benzene rings is 1. The molecule has 0 fully saturated rings. The van der Waals surface area contributed by atoms with E-state index in [1.807, 2.05) is 6.07 Å². The number of nitrogens with one attached hydrogen (secondary N) is 1. The van der Waals surface area contributed by atoms with Crippen LogP contribution in [0.4, 0.5) is 14.5 Å². The highest BCUT2D eigenvalue weighted by Crippen LogP contribution is 2.31. The van der Waals surface area contributed by atoms with Crippen molar-refractivity contribution in [2.24, 2.45) is 0 Å². The molecule has 0 radical (unpaired) electrons.